The van der Waals surface area contributed by atoms with Crippen molar-refractivity contribution in [3.63, 3.8) is 0 Å². The maximum atomic E-state index is 12.3. The van der Waals surface area contributed by atoms with Gasteiger partial charge in [0.2, 0.25) is 5.91 Å². The predicted octanol–water partition coefficient (Wildman–Crippen LogP) is 2.19. The van der Waals surface area contributed by atoms with Crippen LogP contribution < -0.4 is 5.32 Å². The molecule has 0 bridgehead atoms. The summed E-state index contributed by atoms with van der Waals surface area (Å²) in [7, 11) is 3.96. The number of hydrogen-bond donors (Lipinski definition) is 2. The van der Waals surface area contributed by atoms with Crippen LogP contribution in [0.5, 0.6) is 0 Å². The molecule has 1 aliphatic rings. The van der Waals surface area contributed by atoms with Gasteiger partial charge in [-0.15, -0.1) is 0 Å². The second-order valence-corrected chi connectivity index (χ2v) is 5.93. The molecular formula is C16H22N2O3. The third kappa shape index (κ3) is 4.04. The molecule has 0 radical (unpaired) electrons. The number of benzene rings is 1. The molecule has 0 saturated heterocycles. The van der Waals surface area contributed by atoms with Gasteiger partial charge in [0.05, 0.1) is 5.92 Å². The van der Waals surface area contributed by atoms with Crippen LogP contribution in [0.4, 0.5) is 5.69 Å². The number of aliphatic carboxylic acids is 1. The van der Waals surface area contributed by atoms with Crippen molar-refractivity contribution in [2.45, 2.75) is 25.8 Å². The van der Waals surface area contributed by atoms with Crippen molar-refractivity contribution in [2.24, 2.45) is 11.8 Å². The van der Waals surface area contributed by atoms with Gasteiger partial charge < -0.3 is 15.3 Å². The van der Waals surface area contributed by atoms with Gasteiger partial charge in [0.15, 0.2) is 0 Å². The van der Waals surface area contributed by atoms with Gasteiger partial charge in [-0.25, -0.2) is 0 Å². The van der Waals surface area contributed by atoms with E-state index in [1.165, 1.54) is 0 Å². The Labute approximate surface area is 125 Å². The van der Waals surface area contributed by atoms with Crippen LogP contribution in [0.2, 0.25) is 0 Å². The Hall–Kier alpha value is -1.88. The van der Waals surface area contributed by atoms with E-state index >= 15 is 0 Å². The Morgan fingerprint density at radius 2 is 1.90 bits per heavy atom. The van der Waals surface area contributed by atoms with Crippen LogP contribution in [-0.2, 0) is 16.1 Å². The Bertz CT molecular complexity index is 528. The highest BCUT2D eigenvalue weighted by Crippen LogP contribution is 2.32. The van der Waals surface area contributed by atoms with Gasteiger partial charge in [-0.2, -0.15) is 0 Å². The Morgan fingerprint density at radius 1 is 1.24 bits per heavy atom. The zero-order valence-electron chi connectivity index (χ0n) is 12.5. The lowest BCUT2D eigenvalue weighted by Gasteiger charge is -2.16. The van der Waals surface area contributed by atoms with Gasteiger partial charge in [0.25, 0.3) is 0 Å². The van der Waals surface area contributed by atoms with Crippen molar-refractivity contribution in [1.29, 1.82) is 0 Å². The first-order valence-corrected chi connectivity index (χ1v) is 7.23. The fraction of sp³-hybridized carbons (Fsp3) is 0.500. The number of nitrogens with zero attached hydrogens (tertiary/aromatic N) is 1. The minimum atomic E-state index is -0.793. The lowest BCUT2D eigenvalue weighted by Crippen LogP contribution is -2.23. The van der Waals surface area contributed by atoms with Crippen molar-refractivity contribution in [1.82, 2.24) is 4.90 Å². The largest absolute Gasteiger partial charge is 0.481 e. The summed E-state index contributed by atoms with van der Waals surface area (Å²) in [5.74, 6) is -1.43. The minimum Gasteiger partial charge on any atom is -0.481 e. The summed E-state index contributed by atoms with van der Waals surface area (Å²) >= 11 is 0. The van der Waals surface area contributed by atoms with Crippen molar-refractivity contribution < 1.29 is 14.7 Å². The summed E-state index contributed by atoms with van der Waals surface area (Å²) in [5.41, 5.74) is 1.87. The molecule has 0 aromatic heterocycles. The number of para-hydroxylation sites is 1. The molecule has 1 saturated carbocycles. The van der Waals surface area contributed by atoms with Gasteiger partial charge in [-0.3, -0.25) is 9.59 Å². The number of nitrogens with one attached hydrogen (secondary N) is 1. The number of anilines is 1. The molecular weight excluding hydrogens is 268 g/mol. The van der Waals surface area contributed by atoms with Crippen LogP contribution in [0, 0.1) is 11.8 Å². The van der Waals surface area contributed by atoms with Gasteiger partial charge in [-0.05, 0) is 45.0 Å². The highest BCUT2D eigenvalue weighted by Gasteiger charge is 2.33. The lowest BCUT2D eigenvalue weighted by atomic mass is 10.0. The molecule has 0 unspecified atom stereocenters. The number of hydrogen-bond acceptors (Lipinski definition) is 3. The number of carboxylic acid groups (broad SMARTS) is 1. The molecule has 0 spiro atoms. The van der Waals surface area contributed by atoms with Crippen molar-refractivity contribution in [3.8, 4) is 0 Å². The van der Waals surface area contributed by atoms with E-state index in [-0.39, 0.29) is 17.7 Å². The lowest BCUT2D eigenvalue weighted by molar-refractivity contribution is -0.141. The standard InChI is InChI=1S/C16H22N2O3/c1-18(2)10-13-5-3-4-6-14(13)17-15(19)11-7-8-12(9-11)16(20)21/h3-6,11-12H,7-10H2,1-2H3,(H,17,19)(H,20,21)/t11-,12+/m1/s1. The third-order valence-electron chi connectivity index (χ3n) is 3.91. The maximum Gasteiger partial charge on any atom is 0.306 e. The molecule has 1 amide bonds. The molecule has 2 atom stereocenters. The molecule has 1 aliphatic carbocycles. The zero-order chi connectivity index (χ0) is 15.4. The normalized spacial score (nSPS) is 21.5. The van der Waals surface area contributed by atoms with Crippen LogP contribution in [0.1, 0.15) is 24.8 Å². The summed E-state index contributed by atoms with van der Waals surface area (Å²) in [6.07, 6.45) is 1.68. The number of carboxylic acids is 1. The quantitative estimate of drug-likeness (QED) is 0.872. The molecule has 114 valence electrons. The van der Waals surface area contributed by atoms with Crippen LogP contribution in [0.3, 0.4) is 0 Å². The minimum absolute atomic E-state index is 0.0649. The number of rotatable bonds is 5. The average Bonchev–Trinajstić information content (AvgIpc) is 2.90. The molecule has 2 rings (SSSR count). The first-order valence-electron chi connectivity index (χ1n) is 7.23. The predicted molar refractivity (Wildman–Crippen MR) is 80.9 cm³/mol. The SMILES string of the molecule is CN(C)Cc1ccccc1NC(=O)[C@@H]1CC[C@H](C(=O)O)C1. The van der Waals surface area contributed by atoms with E-state index in [1.54, 1.807) is 0 Å². The fourth-order valence-corrected chi connectivity index (χ4v) is 2.80. The van der Waals surface area contributed by atoms with E-state index in [9.17, 15) is 9.59 Å². The van der Waals surface area contributed by atoms with Crippen LogP contribution in [-0.4, -0.2) is 36.0 Å². The molecule has 0 heterocycles. The molecule has 1 fully saturated rings. The average molecular weight is 290 g/mol. The first kappa shape index (κ1) is 15.5. The highest BCUT2D eigenvalue weighted by molar-refractivity contribution is 5.93. The maximum absolute atomic E-state index is 12.3. The topological polar surface area (TPSA) is 69.6 Å². The van der Waals surface area contributed by atoms with E-state index in [1.807, 2.05) is 43.3 Å². The summed E-state index contributed by atoms with van der Waals surface area (Å²) in [6, 6.07) is 7.72. The second kappa shape index (κ2) is 6.72. The summed E-state index contributed by atoms with van der Waals surface area (Å²) in [6.45, 7) is 0.749. The zero-order valence-corrected chi connectivity index (χ0v) is 12.5. The highest BCUT2D eigenvalue weighted by atomic mass is 16.4. The number of amides is 1. The molecule has 0 aliphatic heterocycles. The van der Waals surface area contributed by atoms with Crippen molar-refractivity contribution >= 4 is 17.6 Å². The monoisotopic (exact) mass is 290 g/mol. The Kier molecular flexibility index (Phi) is 4.96. The Balaban J connectivity index is 2.02. The molecule has 1 aromatic carbocycles. The van der Waals surface area contributed by atoms with E-state index in [0.717, 1.165) is 17.8 Å². The molecule has 5 heteroatoms. The third-order valence-corrected chi connectivity index (χ3v) is 3.91. The summed E-state index contributed by atoms with van der Waals surface area (Å²) in [4.78, 5) is 25.3. The van der Waals surface area contributed by atoms with Crippen molar-refractivity contribution in [3.05, 3.63) is 29.8 Å². The first-order chi connectivity index (χ1) is 9.97. The van der Waals surface area contributed by atoms with Crippen LogP contribution >= 0.6 is 0 Å². The van der Waals surface area contributed by atoms with Gasteiger partial charge >= 0.3 is 5.97 Å². The molecule has 1 aromatic rings. The molecule has 21 heavy (non-hydrogen) atoms. The summed E-state index contributed by atoms with van der Waals surface area (Å²) in [5, 5.41) is 12.0. The van der Waals surface area contributed by atoms with E-state index < -0.39 is 5.97 Å². The van der Waals surface area contributed by atoms with Crippen LogP contribution in [0.15, 0.2) is 24.3 Å². The molecule has 5 nitrogen and oxygen atoms in total. The number of carbonyl (C=O) groups is 2. The van der Waals surface area contributed by atoms with Gasteiger partial charge in [-0.1, -0.05) is 18.2 Å². The van der Waals surface area contributed by atoms with Gasteiger partial charge in [0, 0.05) is 18.2 Å². The van der Waals surface area contributed by atoms with E-state index in [4.69, 9.17) is 5.11 Å². The van der Waals surface area contributed by atoms with Gasteiger partial charge in [0.1, 0.15) is 0 Å². The van der Waals surface area contributed by atoms with E-state index in [0.29, 0.717) is 19.3 Å². The van der Waals surface area contributed by atoms with Crippen LogP contribution in [0.25, 0.3) is 0 Å². The van der Waals surface area contributed by atoms with E-state index in [2.05, 4.69) is 5.32 Å². The summed E-state index contributed by atoms with van der Waals surface area (Å²) < 4.78 is 0. The Morgan fingerprint density at radius 3 is 2.52 bits per heavy atom. The van der Waals surface area contributed by atoms with Crippen molar-refractivity contribution in [2.75, 3.05) is 19.4 Å². The number of carbonyl (C=O) groups excluding carboxylic acids is 1. The molecule has 2 N–H and O–H groups in total. The second-order valence-electron chi connectivity index (χ2n) is 5.93. The smallest absolute Gasteiger partial charge is 0.306 e. The fourth-order valence-electron chi connectivity index (χ4n) is 2.80.